The van der Waals surface area contributed by atoms with Crippen molar-refractivity contribution in [1.29, 1.82) is 0 Å². The van der Waals surface area contributed by atoms with E-state index in [9.17, 15) is 4.79 Å². The average molecular weight is 331 g/mol. The highest BCUT2D eigenvalue weighted by Crippen LogP contribution is 2.31. The van der Waals surface area contributed by atoms with Crippen molar-refractivity contribution in [1.82, 2.24) is 10.3 Å². The molecule has 0 saturated carbocycles. The van der Waals surface area contributed by atoms with Gasteiger partial charge in [-0.1, -0.05) is 18.2 Å². The second-order valence-electron chi connectivity index (χ2n) is 5.06. The average Bonchev–Trinajstić information content (AvgIpc) is 2.61. The molecular weight excluding hydrogens is 310 g/mol. The van der Waals surface area contributed by atoms with E-state index in [1.807, 2.05) is 12.1 Å². The molecule has 1 amide bonds. The highest BCUT2D eigenvalue weighted by molar-refractivity contribution is 5.81. The van der Waals surface area contributed by atoms with E-state index in [1.54, 1.807) is 37.6 Å². The molecule has 1 heterocycles. The molecule has 0 aliphatic rings. The first-order valence-corrected chi connectivity index (χ1v) is 7.54. The van der Waals surface area contributed by atoms with Crippen LogP contribution in [0.2, 0.25) is 0 Å². The van der Waals surface area contributed by atoms with Gasteiger partial charge in [0.25, 0.3) is 0 Å². The molecule has 4 N–H and O–H groups in total. The number of rotatable bonds is 8. The third-order valence-corrected chi connectivity index (χ3v) is 3.36. The molecule has 7 heteroatoms. The third kappa shape index (κ3) is 4.68. The number of aliphatic hydroxyl groups is 1. The van der Waals surface area contributed by atoms with Gasteiger partial charge in [0.1, 0.15) is 0 Å². The van der Waals surface area contributed by atoms with Crippen molar-refractivity contribution in [2.75, 3.05) is 13.7 Å². The molecule has 0 bridgehead atoms. The van der Waals surface area contributed by atoms with Crippen molar-refractivity contribution >= 4 is 5.91 Å². The van der Waals surface area contributed by atoms with Gasteiger partial charge in [0.05, 0.1) is 13.2 Å². The van der Waals surface area contributed by atoms with Crippen LogP contribution in [0.3, 0.4) is 0 Å². The third-order valence-electron chi connectivity index (χ3n) is 3.36. The number of nitrogens with one attached hydrogen (secondary N) is 1. The molecule has 0 aliphatic heterocycles. The summed E-state index contributed by atoms with van der Waals surface area (Å²) in [5.41, 5.74) is 6.36. The Kier molecular flexibility index (Phi) is 6.53. The van der Waals surface area contributed by atoms with E-state index in [2.05, 4.69) is 10.3 Å². The summed E-state index contributed by atoms with van der Waals surface area (Å²) >= 11 is 0. The molecule has 2 rings (SSSR count). The molecule has 0 spiro atoms. The van der Waals surface area contributed by atoms with Crippen molar-refractivity contribution < 1.29 is 19.4 Å². The molecule has 1 aromatic carbocycles. The Morgan fingerprint density at radius 1 is 1.29 bits per heavy atom. The first-order chi connectivity index (χ1) is 11.7. The summed E-state index contributed by atoms with van der Waals surface area (Å²) in [6.07, 6.45) is 1.82. The lowest BCUT2D eigenvalue weighted by Gasteiger charge is -2.14. The zero-order chi connectivity index (χ0) is 17.4. The number of hydrogen-bond donors (Lipinski definition) is 3. The largest absolute Gasteiger partial charge is 0.493 e. The minimum Gasteiger partial charge on any atom is -0.493 e. The molecule has 2 aromatic rings. The number of aliphatic hydroxyl groups excluding tert-OH is 1. The number of aromatic nitrogens is 1. The van der Waals surface area contributed by atoms with E-state index >= 15 is 0 Å². The molecule has 7 nitrogen and oxygen atoms in total. The number of para-hydroxylation sites is 2. The number of ether oxygens (including phenoxy) is 2. The van der Waals surface area contributed by atoms with Crippen LogP contribution in [0.25, 0.3) is 0 Å². The molecule has 0 unspecified atom stereocenters. The Bertz CT molecular complexity index is 678. The number of pyridine rings is 1. The van der Waals surface area contributed by atoms with E-state index in [0.717, 1.165) is 0 Å². The predicted molar refractivity (Wildman–Crippen MR) is 88.8 cm³/mol. The number of methoxy groups -OCH3 is 1. The van der Waals surface area contributed by atoms with Gasteiger partial charge in [-0.05, 0) is 24.6 Å². The van der Waals surface area contributed by atoms with Crippen LogP contribution in [-0.2, 0) is 11.3 Å². The van der Waals surface area contributed by atoms with Gasteiger partial charge in [-0.3, -0.25) is 4.79 Å². The number of nitrogens with two attached hydrogens (primary N) is 1. The van der Waals surface area contributed by atoms with Crippen LogP contribution in [0.4, 0.5) is 0 Å². The number of benzene rings is 1. The lowest BCUT2D eigenvalue weighted by Crippen LogP contribution is -2.40. The number of nitrogens with zero attached hydrogens (tertiary/aromatic N) is 1. The van der Waals surface area contributed by atoms with Crippen LogP contribution >= 0.6 is 0 Å². The fraction of sp³-hybridized carbons (Fsp3) is 0.294. The summed E-state index contributed by atoms with van der Waals surface area (Å²) in [4.78, 5) is 16.1. The number of carbonyl (C=O) groups is 1. The van der Waals surface area contributed by atoms with Crippen molar-refractivity contribution in [3.05, 3.63) is 48.2 Å². The molecular formula is C17H21N3O4. The Hall–Kier alpha value is -2.64. The standard InChI is InChI=1S/C17H21N3O4/c1-23-14-6-2-3-7-15(14)24-17-12(5-4-9-19-17)11-20-16(22)13(18)8-10-21/h2-7,9,13,21H,8,10-11,18H2,1H3,(H,20,22)/t13-/m0/s1. The second kappa shape index (κ2) is 8.85. The molecule has 24 heavy (non-hydrogen) atoms. The molecule has 1 aromatic heterocycles. The van der Waals surface area contributed by atoms with Crippen molar-refractivity contribution in [3.8, 4) is 17.4 Å². The van der Waals surface area contributed by atoms with Gasteiger partial charge in [-0.2, -0.15) is 0 Å². The first kappa shape index (κ1) is 17.7. The van der Waals surface area contributed by atoms with Crippen LogP contribution in [0.1, 0.15) is 12.0 Å². The van der Waals surface area contributed by atoms with Gasteiger partial charge in [-0.15, -0.1) is 0 Å². The highest BCUT2D eigenvalue weighted by Gasteiger charge is 2.14. The van der Waals surface area contributed by atoms with E-state index in [4.69, 9.17) is 20.3 Å². The fourth-order valence-corrected chi connectivity index (χ4v) is 2.04. The topological polar surface area (TPSA) is 107 Å². The first-order valence-electron chi connectivity index (χ1n) is 7.54. The number of hydrogen-bond acceptors (Lipinski definition) is 6. The maximum absolute atomic E-state index is 11.8. The lowest BCUT2D eigenvalue weighted by molar-refractivity contribution is -0.122. The zero-order valence-electron chi connectivity index (χ0n) is 13.4. The van der Waals surface area contributed by atoms with Crippen LogP contribution < -0.4 is 20.5 Å². The minimum absolute atomic E-state index is 0.135. The molecule has 1 atom stereocenters. The summed E-state index contributed by atoms with van der Waals surface area (Å²) in [6.45, 7) is 0.0833. The zero-order valence-corrected chi connectivity index (χ0v) is 13.4. The minimum atomic E-state index is -0.745. The van der Waals surface area contributed by atoms with Gasteiger partial charge in [-0.25, -0.2) is 4.98 Å². The lowest BCUT2D eigenvalue weighted by atomic mass is 10.2. The molecule has 128 valence electrons. The van der Waals surface area contributed by atoms with Crippen LogP contribution in [0, 0.1) is 0 Å². The van der Waals surface area contributed by atoms with Crippen LogP contribution in [0.15, 0.2) is 42.6 Å². The van der Waals surface area contributed by atoms with Gasteiger partial charge in [0, 0.05) is 24.9 Å². The summed E-state index contributed by atoms with van der Waals surface area (Å²) < 4.78 is 11.1. The Morgan fingerprint density at radius 3 is 2.75 bits per heavy atom. The number of carbonyl (C=O) groups excluding carboxylic acids is 1. The molecule has 0 fully saturated rings. The molecule has 0 aliphatic carbocycles. The Labute approximate surface area is 140 Å². The summed E-state index contributed by atoms with van der Waals surface area (Å²) in [5.74, 6) is 1.15. The SMILES string of the molecule is COc1ccccc1Oc1ncccc1CNC(=O)[C@@H](N)CCO. The van der Waals surface area contributed by atoms with Crippen molar-refractivity contribution in [2.24, 2.45) is 5.73 Å². The van der Waals surface area contributed by atoms with E-state index in [0.29, 0.717) is 22.9 Å². The van der Waals surface area contributed by atoms with Crippen molar-refractivity contribution in [3.63, 3.8) is 0 Å². The fourth-order valence-electron chi connectivity index (χ4n) is 2.04. The van der Waals surface area contributed by atoms with Gasteiger partial charge in [0.2, 0.25) is 11.8 Å². The maximum atomic E-state index is 11.8. The Balaban J connectivity index is 2.09. The van der Waals surface area contributed by atoms with E-state index in [-0.39, 0.29) is 25.5 Å². The molecule has 0 saturated heterocycles. The predicted octanol–water partition coefficient (Wildman–Crippen LogP) is 1.21. The smallest absolute Gasteiger partial charge is 0.237 e. The summed E-state index contributed by atoms with van der Waals surface area (Å²) in [7, 11) is 1.56. The van der Waals surface area contributed by atoms with Gasteiger partial charge >= 0.3 is 0 Å². The number of amides is 1. The van der Waals surface area contributed by atoms with Gasteiger partial charge in [0.15, 0.2) is 11.5 Å². The van der Waals surface area contributed by atoms with Crippen molar-refractivity contribution in [2.45, 2.75) is 19.0 Å². The van der Waals surface area contributed by atoms with E-state index in [1.165, 1.54) is 0 Å². The maximum Gasteiger partial charge on any atom is 0.237 e. The van der Waals surface area contributed by atoms with Gasteiger partial charge < -0.3 is 25.6 Å². The second-order valence-corrected chi connectivity index (χ2v) is 5.06. The summed E-state index contributed by atoms with van der Waals surface area (Å²) in [5, 5.41) is 11.5. The Morgan fingerprint density at radius 2 is 2.04 bits per heavy atom. The quantitative estimate of drug-likeness (QED) is 0.671. The van der Waals surface area contributed by atoms with Crippen LogP contribution in [-0.4, -0.2) is 35.8 Å². The molecule has 0 radical (unpaired) electrons. The highest BCUT2D eigenvalue weighted by atomic mass is 16.5. The normalized spacial score (nSPS) is 11.6. The summed E-state index contributed by atoms with van der Waals surface area (Å²) in [6, 6.07) is 10.0. The van der Waals surface area contributed by atoms with E-state index < -0.39 is 6.04 Å². The monoisotopic (exact) mass is 331 g/mol. The van der Waals surface area contributed by atoms with Crippen LogP contribution in [0.5, 0.6) is 17.4 Å².